The molecule has 1 atom stereocenters. The number of carbonyl (C=O) groups is 1. The van der Waals surface area contributed by atoms with Crippen LogP contribution in [0.4, 0.5) is 10.1 Å². The van der Waals surface area contributed by atoms with Crippen LogP contribution >= 0.6 is 15.9 Å². The molecule has 1 amide bonds. The number of carbonyl (C=O) groups excluding carboxylic acids is 1. The lowest BCUT2D eigenvalue weighted by molar-refractivity contribution is -0.121. The van der Waals surface area contributed by atoms with Crippen molar-refractivity contribution in [2.45, 2.75) is 19.4 Å². The fraction of sp³-hybridized carbons (Fsp3) is 0.462. The van der Waals surface area contributed by atoms with E-state index in [0.717, 1.165) is 6.42 Å². The molecule has 0 radical (unpaired) electrons. The lowest BCUT2D eigenvalue weighted by atomic mass is 10.2. The number of likely N-dealkylation sites (N-methyl/N-ethyl adjacent to an activating group) is 1. The largest absolute Gasteiger partial charge is 0.394 e. The maximum Gasteiger partial charge on any atom is 0.246 e. The van der Waals surface area contributed by atoms with Gasteiger partial charge in [-0.2, -0.15) is 0 Å². The lowest BCUT2D eigenvalue weighted by Gasteiger charge is -2.24. The first-order valence-corrected chi connectivity index (χ1v) is 6.87. The zero-order chi connectivity index (χ0) is 14.4. The van der Waals surface area contributed by atoms with Crippen LogP contribution in [-0.4, -0.2) is 37.3 Å². The van der Waals surface area contributed by atoms with Crippen molar-refractivity contribution in [1.82, 2.24) is 5.32 Å². The van der Waals surface area contributed by atoms with E-state index in [0.29, 0.717) is 11.0 Å². The molecule has 2 N–H and O–H groups in total. The van der Waals surface area contributed by atoms with Crippen molar-refractivity contribution in [2.75, 3.05) is 25.1 Å². The normalized spacial score (nSPS) is 12.3. The quantitative estimate of drug-likeness (QED) is 0.836. The molecule has 1 aromatic carbocycles. The number of aliphatic hydroxyl groups excluding tert-OH is 1. The Morgan fingerprint density at radius 3 is 2.84 bits per heavy atom. The van der Waals surface area contributed by atoms with Crippen LogP contribution in [0.25, 0.3) is 0 Å². The van der Waals surface area contributed by atoms with Crippen LogP contribution in [0.1, 0.15) is 13.3 Å². The Labute approximate surface area is 120 Å². The average molecular weight is 333 g/mol. The molecular formula is C13H18BrFN2O2. The summed E-state index contributed by atoms with van der Waals surface area (Å²) in [6.45, 7) is 2.26. The molecule has 0 aliphatic heterocycles. The van der Waals surface area contributed by atoms with E-state index in [1.54, 1.807) is 6.07 Å². The van der Waals surface area contributed by atoms with E-state index < -0.39 is 11.9 Å². The van der Waals surface area contributed by atoms with Crippen LogP contribution in [0, 0.1) is 5.82 Å². The number of hydrogen-bond acceptors (Lipinski definition) is 3. The summed E-state index contributed by atoms with van der Waals surface area (Å²) in [6.07, 6.45) is 0.846. The molecule has 6 heteroatoms. The number of rotatable bonds is 6. The molecule has 0 heterocycles. The van der Waals surface area contributed by atoms with Crippen molar-refractivity contribution in [1.29, 1.82) is 0 Å². The van der Waals surface area contributed by atoms with Gasteiger partial charge in [-0.25, -0.2) is 4.39 Å². The Morgan fingerprint density at radius 2 is 2.26 bits per heavy atom. The van der Waals surface area contributed by atoms with Gasteiger partial charge in [-0.1, -0.05) is 22.9 Å². The summed E-state index contributed by atoms with van der Waals surface area (Å²) in [4.78, 5) is 13.4. The zero-order valence-electron chi connectivity index (χ0n) is 11.0. The summed E-state index contributed by atoms with van der Waals surface area (Å²) in [5.74, 6) is -0.848. The Bertz CT molecular complexity index is 443. The second-order valence-corrected chi connectivity index (χ2v) is 5.10. The topological polar surface area (TPSA) is 52.6 Å². The number of anilines is 1. The first kappa shape index (κ1) is 16.1. The summed E-state index contributed by atoms with van der Waals surface area (Å²) in [5, 5.41) is 12.2. The van der Waals surface area contributed by atoms with Gasteiger partial charge in [0.25, 0.3) is 0 Å². The summed E-state index contributed by atoms with van der Waals surface area (Å²) < 4.78 is 14.4. The van der Waals surface area contributed by atoms with Gasteiger partial charge in [0.15, 0.2) is 0 Å². The summed E-state index contributed by atoms with van der Waals surface area (Å²) >= 11 is 3.24. The van der Waals surface area contributed by atoms with Crippen LogP contribution < -0.4 is 10.2 Å². The third kappa shape index (κ3) is 4.26. The van der Waals surface area contributed by atoms with Crippen LogP contribution in [0.2, 0.25) is 0 Å². The van der Waals surface area contributed by atoms with E-state index in [4.69, 9.17) is 0 Å². The number of benzene rings is 1. The van der Waals surface area contributed by atoms with Gasteiger partial charge in [-0.15, -0.1) is 0 Å². The Hall–Kier alpha value is -0.980. The first-order chi connectivity index (χ1) is 9.01. The highest BCUT2D eigenvalue weighted by Crippen LogP contribution is 2.23. The van der Waals surface area contributed by atoms with Crippen molar-refractivity contribution in [3.8, 4) is 0 Å². The fourth-order valence-corrected chi connectivity index (χ4v) is 1.99. The van der Waals surface area contributed by atoms with Gasteiger partial charge in [0, 0.05) is 11.5 Å². The number of amides is 1. The predicted molar refractivity (Wildman–Crippen MR) is 76.7 cm³/mol. The van der Waals surface area contributed by atoms with Gasteiger partial charge in [-0.3, -0.25) is 4.79 Å². The molecule has 0 aromatic heterocycles. The summed E-state index contributed by atoms with van der Waals surface area (Å²) in [5.41, 5.74) is 0.177. The monoisotopic (exact) mass is 332 g/mol. The highest BCUT2D eigenvalue weighted by Gasteiger charge is 2.23. The predicted octanol–water partition coefficient (Wildman–Crippen LogP) is 1.91. The Balaban J connectivity index is 2.88. The standard InChI is InChI=1S/C13H18BrFN2O2/c1-3-6-16-11(8-18)13(19)17(2)12-7-9(14)4-5-10(12)15/h4-5,7,11,16,18H,3,6,8H2,1-2H3. The smallest absolute Gasteiger partial charge is 0.246 e. The number of aliphatic hydroxyl groups is 1. The molecule has 0 spiro atoms. The van der Waals surface area contributed by atoms with Crippen molar-refractivity contribution in [2.24, 2.45) is 0 Å². The molecule has 0 saturated carbocycles. The number of halogens is 2. The molecule has 0 bridgehead atoms. The molecule has 1 rings (SSSR count). The first-order valence-electron chi connectivity index (χ1n) is 6.08. The molecule has 1 unspecified atom stereocenters. The SMILES string of the molecule is CCCNC(CO)C(=O)N(C)c1cc(Br)ccc1F. The van der Waals surface area contributed by atoms with E-state index in [-0.39, 0.29) is 18.2 Å². The minimum absolute atomic E-state index is 0.177. The highest BCUT2D eigenvalue weighted by molar-refractivity contribution is 9.10. The molecule has 4 nitrogen and oxygen atoms in total. The summed E-state index contributed by atoms with van der Waals surface area (Å²) in [7, 11) is 1.49. The van der Waals surface area contributed by atoms with Crippen LogP contribution in [-0.2, 0) is 4.79 Å². The van der Waals surface area contributed by atoms with Crippen molar-refractivity contribution >= 4 is 27.5 Å². The van der Waals surface area contributed by atoms with E-state index in [2.05, 4.69) is 21.2 Å². The van der Waals surface area contributed by atoms with Crippen LogP contribution in [0.15, 0.2) is 22.7 Å². The van der Waals surface area contributed by atoms with Gasteiger partial charge in [0.05, 0.1) is 12.3 Å². The van der Waals surface area contributed by atoms with E-state index in [9.17, 15) is 14.3 Å². The molecule has 0 aliphatic carbocycles. The fourth-order valence-electron chi connectivity index (χ4n) is 1.64. The molecular weight excluding hydrogens is 315 g/mol. The van der Waals surface area contributed by atoms with Gasteiger partial charge in [0.2, 0.25) is 5.91 Å². The Morgan fingerprint density at radius 1 is 1.58 bits per heavy atom. The maximum absolute atomic E-state index is 13.7. The third-order valence-electron chi connectivity index (χ3n) is 2.72. The van der Waals surface area contributed by atoms with Gasteiger partial charge < -0.3 is 15.3 Å². The zero-order valence-corrected chi connectivity index (χ0v) is 12.6. The van der Waals surface area contributed by atoms with E-state index >= 15 is 0 Å². The van der Waals surface area contributed by atoms with Gasteiger partial charge in [-0.05, 0) is 31.2 Å². The van der Waals surface area contributed by atoms with Gasteiger partial charge in [0.1, 0.15) is 11.9 Å². The van der Waals surface area contributed by atoms with Crippen molar-refractivity contribution in [3.63, 3.8) is 0 Å². The van der Waals surface area contributed by atoms with Crippen LogP contribution in [0.5, 0.6) is 0 Å². The average Bonchev–Trinajstić information content (AvgIpc) is 2.41. The van der Waals surface area contributed by atoms with Crippen LogP contribution in [0.3, 0.4) is 0 Å². The third-order valence-corrected chi connectivity index (χ3v) is 3.21. The molecule has 0 fully saturated rings. The molecule has 0 saturated heterocycles. The minimum atomic E-state index is -0.719. The van der Waals surface area contributed by atoms with Gasteiger partial charge >= 0.3 is 0 Å². The number of hydrogen-bond donors (Lipinski definition) is 2. The summed E-state index contributed by atoms with van der Waals surface area (Å²) in [6, 6.07) is 3.66. The van der Waals surface area contributed by atoms with E-state index in [1.165, 1.54) is 24.1 Å². The number of nitrogens with zero attached hydrogens (tertiary/aromatic N) is 1. The second kappa shape index (κ2) is 7.57. The second-order valence-electron chi connectivity index (χ2n) is 4.18. The molecule has 1 aromatic rings. The van der Waals surface area contributed by atoms with E-state index in [1.807, 2.05) is 6.92 Å². The minimum Gasteiger partial charge on any atom is -0.394 e. The molecule has 19 heavy (non-hydrogen) atoms. The lowest BCUT2D eigenvalue weighted by Crippen LogP contribution is -2.47. The van der Waals surface area contributed by atoms with Crippen molar-refractivity contribution < 1.29 is 14.3 Å². The highest BCUT2D eigenvalue weighted by atomic mass is 79.9. The van der Waals surface area contributed by atoms with Crippen molar-refractivity contribution in [3.05, 3.63) is 28.5 Å². The molecule has 0 aliphatic rings. The maximum atomic E-state index is 13.7. The number of nitrogens with one attached hydrogen (secondary N) is 1. The Kier molecular flexibility index (Phi) is 6.41. The molecule has 106 valence electrons.